The van der Waals surface area contributed by atoms with Crippen molar-refractivity contribution in [1.82, 2.24) is 15.3 Å². The summed E-state index contributed by atoms with van der Waals surface area (Å²) in [6.45, 7) is 6.27. The monoisotopic (exact) mass is 547 g/mol. The quantitative estimate of drug-likeness (QED) is 0.264. The third-order valence-corrected chi connectivity index (χ3v) is 6.91. The summed E-state index contributed by atoms with van der Waals surface area (Å²) in [6.07, 6.45) is 3.55. The molecule has 0 aliphatic rings. The van der Waals surface area contributed by atoms with E-state index in [4.69, 9.17) is 23.2 Å². The number of rotatable bonds is 7. The van der Waals surface area contributed by atoms with Crippen LogP contribution in [0.1, 0.15) is 42.3 Å². The second-order valence-electron chi connectivity index (χ2n) is 10.0. The minimum Gasteiger partial charge on any atom is -0.480 e. The third kappa shape index (κ3) is 6.57. The number of carboxylic acids is 1. The molecule has 2 N–H and O–H groups in total. The van der Waals surface area contributed by atoms with Crippen LogP contribution in [0.5, 0.6) is 0 Å². The highest BCUT2D eigenvalue weighted by atomic mass is 35.5. The van der Waals surface area contributed by atoms with Crippen molar-refractivity contribution < 1.29 is 14.7 Å². The average molecular weight is 548 g/mol. The summed E-state index contributed by atoms with van der Waals surface area (Å²) in [5, 5.41) is 13.3. The predicted molar refractivity (Wildman–Crippen MR) is 151 cm³/mol. The number of nitrogens with one attached hydrogen (secondary N) is 1. The first-order valence-electron chi connectivity index (χ1n) is 12.0. The van der Waals surface area contributed by atoms with Crippen LogP contribution in [-0.2, 0) is 16.6 Å². The fourth-order valence-electron chi connectivity index (χ4n) is 3.89. The summed E-state index contributed by atoms with van der Waals surface area (Å²) < 4.78 is 0. The van der Waals surface area contributed by atoms with Gasteiger partial charge in [-0.2, -0.15) is 0 Å². The van der Waals surface area contributed by atoms with Gasteiger partial charge >= 0.3 is 5.97 Å². The number of carbonyl (C=O) groups is 2. The lowest BCUT2D eigenvalue weighted by Crippen LogP contribution is -2.42. The zero-order valence-electron chi connectivity index (χ0n) is 21.2. The number of halogens is 2. The molecule has 0 aliphatic heterocycles. The Kier molecular flexibility index (Phi) is 8.14. The van der Waals surface area contributed by atoms with Gasteiger partial charge in [-0.3, -0.25) is 4.79 Å². The van der Waals surface area contributed by atoms with Gasteiger partial charge in [0.1, 0.15) is 6.04 Å². The van der Waals surface area contributed by atoms with Crippen LogP contribution in [0.3, 0.4) is 0 Å². The molecular weight excluding hydrogens is 521 g/mol. The maximum absolute atomic E-state index is 12.7. The highest BCUT2D eigenvalue weighted by Gasteiger charge is 2.22. The molecule has 194 valence electrons. The molecule has 1 atom stereocenters. The van der Waals surface area contributed by atoms with E-state index in [2.05, 4.69) is 36.1 Å². The zero-order valence-corrected chi connectivity index (χ0v) is 22.7. The lowest BCUT2D eigenvalue weighted by molar-refractivity contribution is -0.139. The number of carbonyl (C=O) groups excluding carboxylic acids is 1. The van der Waals surface area contributed by atoms with E-state index in [1.165, 1.54) is 0 Å². The number of benzene rings is 3. The summed E-state index contributed by atoms with van der Waals surface area (Å²) in [6, 6.07) is 18.8. The molecule has 1 aromatic heterocycles. The normalized spacial score (nSPS) is 12.1. The Morgan fingerprint density at radius 2 is 1.45 bits per heavy atom. The Hall–Kier alpha value is -3.74. The van der Waals surface area contributed by atoms with Gasteiger partial charge in [0.25, 0.3) is 5.91 Å². The van der Waals surface area contributed by atoms with Crippen LogP contribution in [0, 0.1) is 0 Å². The largest absolute Gasteiger partial charge is 0.480 e. The Balaban J connectivity index is 1.42. The maximum atomic E-state index is 12.7. The highest BCUT2D eigenvalue weighted by Crippen LogP contribution is 2.28. The Morgan fingerprint density at radius 1 is 0.842 bits per heavy atom. The molecule has 1 amide bonds. The maximum Gasteiger partial charge on any atom is 0.326 e. The first-order chi connectivity index (χ1) is 18.0. The molecule has 0 spiro atoms. The number of nitrogens with zero attached hydrogens (tertiary/aromatic N) is 2. The highest BCUT2D eigenvalue weighted by molar-refractivity contribution is 6.42. The number of amides is 1. The molecule has 38 heavy (non-hydrogen) atoms. The fourth-order valence-corrected chi connectivity index (χ4v) is 4.19. The van der Waals surface area contributed by atoms with Gasteiger partial charge in [-0.1, -0.05) is 86.4 Å². The molecule has 0 aliphatic carbocycles. The minimum atomic E-state index is -1.10. The van der Waals surface area contributed by atoms with Gasteiger partial charge in [0.2, 0.25) is 0 Å². The second-order valence-corrected chi connectivity index (χ2v) is 10.8. The molecular formula is C30H27Cl2N3O3. The van der Waals surface area contributed by atoms with Crippen LogP contribution in [0.4, 0.5) is 0 Å². The van der Waals surface area contributed by atoms with E-state index < -0.39 is 17.9 Å². The van der Waals surface area contributed by atoms with Gasteiger partial charge in [-0.15, -0.1) is 0 Å². The molecule has 8 heteroatoms. The van der Waals surface area contributed by atoms with E-state index in [0.717, 1.165) is 27.8 Å². The Labute approximate surface area is 231 Å². The van der Waals surface area contributed by atoms with Gasteiger partial charge < -0.3 is 10.4 Å². The Bertz CT molecular complexity index is 1450. The van der Waals surface area contributed by atoms with Gasteiger partial charge in [-0.25, -0.2) is 14.8 Å². The molecule has 6 nitrogen and oxygen atoms in total. The van der Waals surface area contributed by atoms with Crippen molar-refractivity contribution in [3.63, 3.8) is 0 Å². The van der Waals surface area contributed by atoms with Gasteiger partial charge in [0.15, 0.2) is 5.82 Å². The van der Waals surface area contributed by atoms with Crippen LogP contribution in [0.2, 0.25) is 10.0 Å². The van der Waals surface area contributed by atoms with Crippen LogP contribution in [0.15, 0.2) is 79.1 Å². The SMILES string of the molecule is CC(C)(C)c1ccc(C(=O)N[C@@H](Cc2ccc(-c3ncc(-c4ccc(Cl)c(Cl)c4)cn3)cc2)C(=O)O)cc1. The van der Waals surface area contributed by atoms with Crippen molar-refractivity contribution in [3.05, 3.63) is 106 Å². The molecule has 3 aromatic carbocycles. The van der Waals surface area contributed by atoms with E-state index in [1.54, 1.807) is 36.7 Å². The molecule has 0 radical (unpaired) electrons. The van der Waals surface area contributed by atoms with Gasteiger partial charge in [0, 0.05) is 35.5 Å². The van der Waals surface area contributed by atoms with Crippen molar-refractivity contribution in [1.29, 1.82) is 0 Å². The molecule has 0 fully saturated rings. The lowest BCUT2D eigenvalue weighted by Gasteiger charge is -2.19. The number of hydrogen-bond donors (Lipinski definition) is 2. The first-order valence-corrected chi connectivity index (χ1v) is 12.8. The lowest BCUT2D eigenvalue weighted by atomic mass is 9.86. The molecule has 0 saturated carbocycles. The van der Waals surface area contributed by atoms with Crippen LogP contribution < -0.4 is 5.32 Å². The summed E-state index contributed by atoms with van der Waals surface area (Å²) in [5.74, 6) is -0.998. The van der Waals surface area contributed by atoms with Crippen LogP contribution >= 0.6 is 23.2 Å². The predicted octanol–water partition coefficient (Wildman–Crippen LogP) is 6.84. The fraction of sp³-hybridized carbons (Fsp3) is 0.200. The third-order valence-electron chi connectivity index (χ3n) is 6.17. The zero-order chi connectivity index (χ0) is 27.4. The smallest absolute Gasteiger partial charge is 0.326 e. The summed E-state index contributed by atoms with van der Waals surface area (Å²) in [4.78, 5) is 33.5. The number of carboxylic acid groups (broad SMARTS) is 1. The van der Waals surface area contributed by atoms with Crippen molar-refractivity contribution in [2.45, 2.75) is 38.6 Å². The van der Waals surface area contributed by atoms with Gasteiger partial charge in [0.05, 0.1) is 10.0 Å². The van der Waals surface area contributed by atoms with E-state index >= 15 is 0 Å². The molecule has 0 bridgehead atoms. The van der Waals surface area contributed by atoms with E-state index in [9.17, 15) is 14.7 Å². The number of hydrogen-bond acceptors (Lipinski definition) is 4. The van der Waals surface area contributed by atoms with E-state index in [-0.39, 0.29) is 11.8 Å². The van der Waals surface area contributed by atoms with Crippen molar-refractivity contribution in [2.75, 3.05) is 0 Å². The Morgan fingerprint density at radius 3 is 2.00 bits per heavy atom. The summed E-state index contributed by atoms with van der Waals surface area (Å²) in [5.41, 5.74) is 4.67. The topological polar surface area (TPSA) is 92.2 Å². The average Bonchev–Trinajstić information content (AvgIpc) is 2.90. The molecule has 0 saturated heterocycles. The van der Waals surface area contributed by atoms with Crippen LogP contribution in [-0.4, -0.2) is 33.0 Å². The van der Waals surface area contributed by atoms with Crippen molar-refractivity contribution in [3.8, 4) is 22.5 Å². The summed E-state index contributed by atoms with van der Waals surface area (Å²) in [7, 11) is 0. The standard InChI is InChI=1S/C30H27Cl2N3O3/c1-30(2,3)23-11-8-20(9-12-23)28(36)35-26(29(37)38)14-18-4-6-19(7-5-18)27-33-16-22(17-34-27)21-10-13-24(31)25(32)15-21/h4-13,15-17,26H,14H2,1-3H3,(H,35,36)(H,37,38)/t26-/m0/s1. The van der Waals surface area contributed by atoms with Gasteiger partial charge in [-0.05, 0) is 46.4 Å². The minimum absolute atomic E-state index is 0.0388. The molecule has 4 aromatic rings. The van der Waals surface area contributed by atoms with Crippen LogP contribution in [0.25, 0.3) is 22.5 Å². The van der Waals surface area contributed by atoms with E-state index in [0.29, 0.717) is 21.4 Å². The molecule has 4 rings (SSSR count). The van der Waals surface area contributed by atoms with Crippen molar-refractivity contribution >= 4 is 35.1 Å². The van der Waals surface area contributed by atoms with E-state index in [1.807, 2.05) is 42.5 Å². The first kappa shape index (κ1) is 27.3. The molecule has 0 unspecified atom stereocenters. The number of aliphatic carboxylic acids is 1. The number of aromatic nitrogens is 2. The molecule has 1 heterocycles. The van der Waals surface area contributed by atoms with Crippen molar-refractivity contribution in [2.24, 2.45) is 0 Å². The summed E-state index contributed by atoms with van der Waals surface area (Å²) >= 11 is 12.1. The second kappa shape index (κ2) is 11.3.